The highest BCUT2D eigenvalue weighted by molar-refractivity contribution is 6.00. The lowest BCUT2D eigenvalue weighted by Crippen LogP contribution is -2.31. The van der Waals surface area contributed by atoms with Gasteiger partial charge in [-0.05, 0) is 24.1 Å². The molecule has 33 heavy (non-hydrogen) atoms. The fourth-order valence-electron chi connectivity index (χ4n) is 4.06. The number of ether oxygens (including phenoxy) is 2. The Morgan fingerprint density at radius 3 is 2.64 bits per heavy atom. The molecule has 3 aromatic rings. The maximum Gasteiger partial charge on any atom is 0.337 e. The predicted octanol–water partition coefficient (Wildman–Crippen LogP) is 3.35. The van der Waals surface area contributed by atoms with E-state index in [1.54, 1.807) is 48.4 Å². The molecule has 0 fully saturated rings. The molecule has 4 rings (SSSR count). The Morgan fingerprint density at radius 1 is 1.21 bits per heavy atom. The summed E-state index contributed by atoms with van der Waals surface area (Å²) in [5.41, 5.74) is 3.09. The van der Waals surface area contributed by atoms with E-state index in [1.165, 1.54) is 19.2 Å². The molecule has 2 heterocycles. The van der Waals surface area contributed by atoms with Crippen LogP contribution in [0.25, 0.3) is 11.3 Å². The highest BCUT2D eigenvalue weighted by atomic mass is 16.6. The van der Waals surface area contributed by atoms with Crippen LogP contribution in [0.4, 0.5) is 5.69 Å². The van der Waals surface area contributed by atoms with Crippen molar-refractivity contribution in [1.82, 2.24) is 15.1 Å². The molecule has 10 nitrogen and oxygen atoms in total. The Kier molecular flexibility index (Phi) is 6.18. The number of carbonyl (C=O) groups is 2. The van der Waals surface area contributed by atoms with Crippen LogP contribution in [0, 0.1) is 10.1 Å². The second-order valence-electron chi connectivity index (χ2n) is 7.53. The van der Waals surface area contributed by atoms with E-state index in [0.29, 0.717) is 47.7 Å². The Hall–Kier alpha value is -4.05. The van der Waals surface area contributed by atoms with Crippen LogP contribution in [0.2, 0.25) is 0 Å². The minimum absolute atomic E-state index is 0.0653. The van der Waals surface area contributed by atoms with Crippen LogP contribution in [-0.4, -0.2) is 59.3 Å². The monoisotopic (exact) mass is 450 g/mol. The van der Waals surface area contributed by atoms with Gasteiger partial charge in [0.1, 0.15) is 5.69 Å². The van der Waals surface area contributed by atoms with Crippen LogP contribution < -0.4 is 0 Å². The van der Waals surface area contributed by atoms with Gasteiger partial charge in [-0.2, -0.15) is 5.10 Å². The van der Waals surface area contributed by atoms with Gasteiger partial charge >= 0.3 is 5.97 Å². The molecule has 1 aromatic heterocycles. The first-order chi connectivity index (χ1) is 16.0. The summed E-state index contributed by atoms with van der Waals surface area (Å²) in [6, 6.07) is 12.5. The zero-order chi connectivity index (χ0) is 23.5. The Balaban J connectivity index is 1.81. The smallest absolute Gasteiger partial charge is 0.337 e. The van der Waals surface area contributed by atoms with Crippen molar-refractivity contribution in [1.29, 1.82) is 0 Å². The number of non-ortho nitro benzene ring substituents is 1. The van der Waals surface area contributed by atoms with Crippen LogP contribution in [0.15, 0.2) is 48.5 Å². The third-order valence-electron chi connectivity index (χ3n) is 5.59. The number of fused-ring (bicyclic) bond motifs is 1. The number of amides is 1. The molecular weight excluding hydrogens is 428 g/mol. The van der Waals surface area contributed by atoms with Crippen molar-refractivity contribution in [2.75, 3.05) is 27.4 Å². The van der Waals surface area contributed by atoms with E-state index in [1.807, 2.05) is 0 Å². The van der Waals surface area contributed by atoms with E-state index < -0.39 is 16.9 Å². The maximum absolute atomic E-state index is 13.2. The SMILES string of the molecule is COCCCN1C(=O)c2[nH]nc(-c3cccc([N+](=O)[O-])c3)c2C1c1ccc(C(=O)OC)cc1. The molecule has 1 atom stereocenters. The van der Waals surface area contributed by atoms with E-state index >= 15 is 0 Å². The predicted molar refractivity (Wildman–Crippen MR) is 118 cm³/mol. The first-order valence-corrected chi connectivity index (χ1v) is 10.3. The number of nitro groups is 1. The van der Waals surface area contributed by atoms with Crippen molar-refractivity contribution in [3.05, 3.63) is 81.0 Å². The number of hydrogen-bond donors (Lipinski definition) is 1. The molecule has 1 amide bonds. The zero-order valence-electron chi connectivity index (χ0n) is 18.1. The minimum atomic E-state index is -0.482. The van der Waals surface area contributed by atoms with Gasteiger partial charge in [-0.3, -0.25) is 20.0 Å². The average molecular weight is 450 g/mol. The van der Waals surface area contributed by atoms with E-state index in [9.17, 15) is 19.7 Å². The summed E-state index contributed by atoms with van der Waals surface area (Å²) in [4.78, 5) is 37.6. The van der Waals surface area contributed by atoms with Crippen molar-refractivity contribution in [3.8, 4) is 11.3 Å². The summed E-state index contributed by atoms with van der Waals surface area (Å²) in [6.07, 6.45) is 0.628. The van der Waals surface area contributed by atoms with Gasteiger partial charge in [0.15, 0.2) is 0 Å². The third-order valence-corrected chi connectivity index (χ3v) is 5.59. The number of rotatable bonds is 8. The molecule has 0 saturated heterocycles. The van der Waals surface area contributed by atoms with Gasteiger partial charge in [-0.25, -0.2) is 4.79 Å². The zero-order valence-corrected chi connectivity index (χ0v) is 18.1. The molecule has 0 saturated carbocycles. The highest BCUT2D eigenvalue weighted by Crippen LogP contribution is 2.43. The number of nitrogens with one attached hydrogen (secondary N) is 1. The lowest BCUT2D eigenvalue weighted by molar-refractivity contribution is -0.384. The molecule has 170 valence electrons. The minimum Gasteiger partial charge on any atom is -0.465 e. The number of esters is 1. The van der Waals surface area contributed by atoms with Crippen molar-refractivity contribution in [2.45, 2.75) is 12.5 Å². The van der Waals surface area contributed by atoms with Gasteiger partial charge in [-0.1, -0.05) is 24.3 Å². The Labute approximate surface area is 189 Å². The van der Waals surface area contributed by atoms with Gasteiger partial charge < -0.3 is 14.4 Å². The largest absolute Gasteiger partial charge is 0.465 e. The van der Waals surface area contributed by atoms with Crippen LogP contribution in [-0.2, 0) is 9.47 Å². The molecule has 1 aliphatic heterocycles. The Bertz CT molecular complexity index is 1200. The van der Waals surface area contributed by atoms with E-state index in [2.05, 4.69) is 10.2 Å². The van der Waals surface area contributed by atoms with Gasteiger partial charge in [0.2, 0.25) is 0 Å². The fraction of sp³-hybridized carbons (Fsp3) is 0.261. The summed E-state index contributed by atoms with van der Waals surface area (Å²) in [7, 11) is 2.91. The molecule has 0 bridgehead atoms. The van der Waals surface area contributed by atoms with Gasteiger partial charge in [0, 0.05) is 43.5 Å². The van der Waals surface area contributed by atoms with E-state index in [0.717, 1.165) is 5.56 Å². The molecule has 0 spiro atoms. The summed E-state index contributed by atoms with van der Waals surface area (Å²) < 4.78 is 9.92. The quantitative estimate of drug-likeness (QED) is 0.241. The van der Waals surface area contributed by atoms with E-state index in [4.69, 9.17) is 9.47 Å². The van der Waals surface area contributed by atoms with Gasteiger partial charge in [-0.15, -0.1) is 0 Å². The number of methoxy groups -OCH3 is 2. The molecule has 10 heteroatoms. The van der Waals surface area contributed by atoms with Crippen molar-refractivity contribution in [3.63, 3.8) is 0 Å². The molecule has 0 aliphatic carbocycles. The van der Waals surface area contributed by atoms with Crippen molar-refractivity contribution >= 4 is 17.6 Å². The number of nitrogens with zero attached hydrogens (tertiary/aromatic N) is 3. The topological polar surface area (TPSA) is 128 Å². The van der Waals surface area contributed by atoms with Gasteiger partial charge in [0.25, 0.3) is 11.6 Å². The number of aromatic nitrogens is 2. The number of carbonyl (C=O) groups excluding carboxylic acids is 2. The highest BCUT2D eigenvalue weighted by Gasteiger charge is 2.42. The Morgan fingerprint density at radius 2 is 1.97 bits per heavy atom. The maximum atomic E-state index is 13.2. The van der Waals surface area contributed by atoms with Crippen LogP contribution in [0.5, 0.6) is 0 Å². The summed E-state index contributed by atoms with van der Waals surface area (Å²) in [6.45, 7) is 0.925. The van der Waals surface area contributed by atoms with E-state index in [-0.39, 0.29) is 11.6 Å². The second-order valence-corrected chi connectivity index (χ2v) is 7.53. The van der Waals surface area contributed by atoms with Crippen LogP contribution >= 0.6 is 0 Å². The number of H-pyrrole nitrogens is 1. The molecule has 0 radical (unpaired) electrons. The summed E-state index contributed by atoms with van der Waals surface area (Å²) >= 11 is 0. The second kappa shape index (κ2) is 9.21. The molecule has 1 aliphatic rings. The molecule has 2 aromatic carbocycles. The van der Waals surface area contributed by atoms with Crippen molar-refractivity contribution in [2.24, 2.45) is 0 Å². The first kappa shape index (κ1) is 22.2. The number of aromatic amines is 1. The molecule has 1 unspecified atom stereocenters. The van der Waals surface area contributed by atoms with Crippen molar-refractivity contribution < 1.29 is 24.0 Å². The number of nitro benzene ring substituents is 1. The molecular formula is C23H22N4O6. The van der Waals surface area contributed by atoms with Crippen LogP contribution in [0.3, 0.4) is 0 Å². The number of benzene rings is 2. The fourth-order valence-corrected chi connectivity index (χ4v) is 4.06. The average Bonchev–Trinajstić information content (AvgIpc) is 3.38. The van der Waals surface area contributed by atoms with Crippen LogP contribution in [0.1, 0.15) is 44.4 Å². The summed E-state index contributed by atoms with van der Waals surface area (Å²) in [5, 5.41) is 18.4. The lowest BCUT2D eigenvalue weighted by Gasteiger charge is -2.26. The standard InChI is InChI=1S/C23H22N4O6/c1-32-12-4-11-26-21(14-7-9-15(10-8-14)23(29)33-2)18-19(24-25-20(18)22(26)28)16-5-3-6-17(13-16)27(30)31/h3,5-10,13,21H,4,11-12H2,1-2H3,(H,24,25). The molecule has 1 N–H and O–H groups in total. The summed E-state index contributed by atoms with van der Waals surface area (Å²) in [5.74, 6) is -0.672. The normalized spacial score (nSPS) is 14.9. The lowest BCUT2D eigenvalue weighted by atomic mass is 9.95. The first-order valence-electron chi connectivity index (χ1n) is 10.3. The van der Waals surface area contributed by atoms with Gasteiger partial charge in [0.05, 0.1) is 29.3 Å². The number of hydrogen-bond acceptors (Lipinski definition) is 7. The third kappa shape index (κ3) is 4.08.